The molecule has 2 rings (SSSR count). The largest absolute Gasteiger partial charge is 0.487 e. The quantitative estimate of drug-likeness (QED) is 0.254. The Morgan fingerprint density at radius 2 is 1.50 bits per heavy atom. The fourth-order valence-corrected chi connectivity index (χ4v) is 5.21. The lowest BCUT2D eigenvalue weighted by Crippen LogP contribution is -2.37. The lowest BCUT2D eigenvalue weighted by Gasteiger charge is -2.38. The molecule has 1 aliphatic rings. The van der Waals surface area contributed by atoms with E-state index < -0.39 is 0 Å². The molecule has 0 bridgehead atoms. The van der Waals surface area contributed by atoms with Gasteiger partial charge in [0.05, 0.1) is 0 Å². The van der Waals surface area contributed by atoms with Gasteiger partial charge in [-0.2, -0.15) is 0 Å². The van der Waals surface area contributed by atoms with Gasteiger partial charge in [0.1, 0.15) is 17.1 Å². The molecule has 1 aromatic carbocycles. The summed E-state index contributed by atoms with van der Waals surface area (Å²) in [6.45, 7) is 14.3. The van der Waals surface area contributed by atoms with Crippen LogP contribution >= 0.6 is 0 Å². The fourth-order valence-electron chi connectivity index (χ4n) is 5.21. The van der Waals surface area contributed by atoms with Crippen molar-refractivity contribution in [3.63, 3.8) is 0 Å². The molecule has 0 saturated heterocycles. The van der Waals surface area contributed by atoms with Crippen LogP contribution in [0.3, 0.4) is 0 Å². The normalized spacial score (nSPS) is 19.5. The van der Waals surface area contributed by atoms with Crippen LogP contribution < -0.4 is 20.9 Å². The minimum absolute atomic E-state index is 0.182. The Hall–Kier alpha value is -1.59. The van der Waals surface area contributed by atoms with Gasteiger partial charge in [0.15, 0.2) is 0 Å². The average Bonchev–Trinajstić information content (AvgIpc) is 2.74. The maximum absolute atomic E-state index is 11.6. The van der Waals surface area contributed by atoms with Crippen molar-refractivity contribution in [3.05, 3.63) is 22.3 Å². The van der Waals surface area contributed by atoms with Gasteiger partial charge in [-0.15, -0.1) is 0 Å². The summed E-state index contributed by atoms with van der Waals surface area (Å²) in [5, 5.41) is 0. The highest BCUT2D eigenvalue weighted by Gasteiger charge is 2.34. The second-order valence-electron chi connectivity index (χ2n) is 11.3. The second-order valence-corrected chi connectivity index (χ2v) is 11.3. The monoisotopic (exact) mass is 474 g/mol. The molecule has 5 heteroatoms. The molecule has 3 unspecified atom stereocenters. The lowest BCUT2D eigenvalue weighted by atomic mass is 9.84. The van der Waals surface area contributed by atoms with Crippen molar-refractivity contribution in [2.75, 3.05) is 0 Å². The summed E-state index contributed by atoms with van der Waals surface area (Å²) in [4.78, 5) is 11.6. The molecule has 1 aliphatic heterocycles. The molecule has 0 fully saturated rings. The van der Waals surface area contributed by atoms with Gasteiger partial charge in [0.25, 0.3) is 0 Å². The van der Waals surface area contributed by atoms with Crippen LogP contribution in [0.15, 0.2) is 0 Å². The molecule has 4 N–H and O–H groups in total. The molecular weight excluding hydrogens is 424 g/mol. The van der Waals surface area contributed by atoms with Crippen molar-refractivity contribution in [2.45, 2.75) is 137 Å². The zero-order valence-electron chi connectivity index (χ0n) is 22.9. The first-order valence-corrected chi connectivity index (χ1v) is 13.4. The summed E-state index contributed by atoms with van der Waals surface area (Å²) in [6.07, 6.45) is 11.9. The third-order valence-electron chi connectivity index (χ3n) is 7.60. The van der Waals surface area contributed by atoms with Gasteiger partial charge in [-0.1, -0.05) is 33.1 Å². The summed E-state index contributed by atoms with van der Waals surface area (Å²) < 4.78 is 12.1. The van der Waals surface area contributed by atoms with E-state index in [0.717, 1.165) is 86.1 Å². The van der Waals surface area contributed by atoms with Gasteiger partial charge < -0.3 is 20.9 Å². The number of rotatable bonds is 13. The van der Waals surface area contributed by atoms with Gasteiger partial charge in [0, 0.05) is 24.6 Å². The first-order valence-electron chi connectivity index (χ1n) is 13.4. The second kappa shape index (κ2) is 12.9. The van der Waals surface area contributed by atoms with Crippen molar-refractivity contribution in [1.82, 2.24) is 0 Å². The van der Waals surface area contributed by atoms with Crippen molar-refractivity contribution < 1.29 is 14.3 Å². The van der Waals surface area contributed by atoms with Crippen LogP contribution in [-0.4, -0.2) is 23.7 Å². The van der Waals surface area contributed by atoms with E-state index in [1.165, 1.54) is 25.3 Å². The molecule has 0 aromatic heterocycles. The zero-order valence-corrected chi connectivity index (χ0v) is 22.9. The first-order chi connectivity index (χ1) is 15.9. The molecule has 0 saturated carbocycles. The summed E-state index contributed by atoms with van der Waals surface area (Å²) in [5.74, 6) is 2.16. The van der Waals surface area contributed by atoms with E-state index in [1.54, 1.807) is 0 Å². The zero-order chi connectivity index (χ0) is 25.5. The molecule has 1 heterocycles. The van der Waals surface area contributed by atoms with Gasteiger partial charge in [-0.3, -0.25) is 4.79 Å². The maximum atomic E-state index is 11.6. The summed E-state index contributed by atoms with van der Waals surface area (Å²) in [6, 6.07) is 0.553. The van der Waals surface area contributed by atoms with Crippen LogP contribution in [0.2, 0.25) is 0 Å². The number of hydrogen-bond donors (Lipinski definition) is 2. The van der Waals surface area contributed by atoms with Crippen LogP contribution in [0.1, 0.15) is 114 Å². The molecule has 3 atom stereocenters. The molecular formula is C29H50N2O3. The van der Waals surface area contributed by atoms with E-state index in [2.05, 4.69) is 27.7 Å². The smallest absolute Gasteiger partial charge is 0.308 e. The molecule has 1 aromatic rings. The van der Waals surface area contributed by atoms with Crippen LogP contribution in [0.5, 0.6) is 11.5 Å². The van der Waals surface area contributed by atoms with Gasteiger partial charge in [-0.25, -0.2) is 0 Å². The predicted molar refractivity (Wildman–Crippen MR) is 142 cm³/mol. The van der Waals surface area contributed by atoms with E-state index in [1.807, 2.05) is 13.8 Å². The number of carbonyl (C=O) groups is 1. The SMILES string of the molecule is CC(=O)Oc1c(C)c(C)c2c(c1C)CCC(C)(CCCC(N)CCCC(N)CCCC(C)C)O2. The Morgan fingerprint density at radius 3 is 2.06 bits per heavy atom. The third kappa shape index (κ3) is 8.27. The Labute approximate surface area is 208 Å². The van der Waals surface area contributed by atoms with Gasteiger partial charge in [-0.05, 0) is 102 Å². The predicted octanol–water partition coefficient (Wildman–Crippen LogP) is 6.44. The average molecular weight is 475 g/mol. The van der Waals surface area contributed by atoms with Gasteiger partial charge in [0.2, 0.25) is 0 Å². The minimum atomic E-state index is -0.281. The Morgan fingerprint density at radius 1 is 0.941 bits per heavy atom. The highest BCUT2D eigenvalue weighted by molar-refractivity contribution is 5.72. The highest BCUT2D eigenvalue weighted by Crippen LogP contribution is 2.45. The van der Waals surface area contributed by atoms with E-state index in [-0.39, 0.29) is 17.6 Å². The molecule has 0 spiro atoms. The molecule has 0 amide bonds. The number of fused-ring (bicyclic) bond motifs is 1. The van der Waals surface area contributed by atoms with Crippen LogP contribution in [0, 0.1) is 26.7 Å². The van der Waals surface area contributed by atoms with Crippen LogP contribution in [0.25, 0.3) is 0 Å². The molecule has 0 radical (unpaired) electrons. The van der Waals surface area contributed by atoms with E-state index >= 15 is 0 Å². The number of hydrogen-bond acceptors (Lipinski definition) is 5. The minimum Gasteiger partial charge on any atom is -0.487 e. The standard InChI is InChI=1S/C29H50N2O3/c1-19(2)11-8-12-24(30)13-9-14-25(31)15-10-17-29(7)18-16-26-22(5)27(33-23(6)32)20(3)21(4)28(26)34-29/h19,24-25H,8-18,30-31H2,1-7H3. The molecule has 5 nitrogen and oxygen atoms in total. The number of esters is 1. The Kier molecular flexibility index (Phi) is 10.9. The topological polar surface area (TPSA) is 87.6 Å². The number of ether oxygens (including phenoxy) is 2. The number of carbonyl (C=O) groups excluding carboxylic acids is 1. The summed E-state index contributed by atoms with van der Waals surface area (Å²) >= 11 is 0. The Balaban J connectivity index is 1.82. The summed E-state index contributed by atoms with van der Waals surface area (Å²) in [5.41, 5.74) is 16.8. The van der Waals surface area contributed by atoms with E-state index in [9.17, 15) is 4.79 Å². The molecule has 0 aliphatic carbocycles. The fraction of sp³-hybridized carbons (Fsp3) is 0.759. The van der Waals surface area contributed by atoms with Crippen molar-refractivity contribution in [1.29, 1.82) is 0 Å². The summed E-state index contributed by atoms with van der Waals surface area (Å²) in [7, 11) is 0. The number of benzene rings is 1. The molecule has 194 valence electrons. The lowest BCUT2D eigenvalue weighted by molar-refractivity contribution is -0.132. The van der Waals surface area contributed by atoms with Crippen LogP contribution in [-0.2, 0) is 11.2 Å². The van der Waals surface area contributed by atoms with E-state index in [4.69, 9.17) is 20.9 Å². The Bertz CT molecular complexity index is 820. The van der Waals surface area contributed by atoms with E-state index in [0.29, 0.717) is 11.8 Å². The first kappa shape index (κ1) is 28.6. The third-order valence-corrected chi connectivity index (χ3v) is 7.60. The number of nitrogens with two attached hydrogens (primary N) is 2. The maximum Gasteiger partial charge on any atom is 0.308 e. The van der Waals surface area contributed by atoms with Crippen molar-refractivity contribution in [3.8, 4) is 11.5 Å². The highest BCUT2D eigenvalue weighted by atomic mass is 16.5. The van der Waals surface area contributed by atoms with Crippen LogP contribution in [0.4, 0.5) is 0 Å². The van der Waals surface area contributed by atoms with Crippen molar-refractivity contribution in [2.24, 2.45) is 17.4 Å². The van der Waals surface area contributed by atoms with Gasteiger partial charge >= 0.3 is 5.97 Å². The molecule has 34 heavy (non-hydrogen) atoms. The van der Waals surface area contributed by atoms with Crippen molar-refractivity contribution >= 4 is 5.97 Å².